The van der Waals surface area contributed by atoms with Crippen LogP contribution in [0, 0.1) is 11.8 Å². The Bertz CT molecular complexity index is 359. The van der Waals surface area contributed by atoms with Gasteiger partial charge in [-0.15, -0.1) is 0 Å². The number of esters is 1. The van der Waals surface area contributed by atoms with Crippen LogP contribution in [-0.2, 0) is 14.0 Å². The zero-order valence-electron chi connectivity index (χ0n) is 11.9. The molecule has 18 heavy (non-hydrogen) atoms. The van der Waals surface area contributed by atoms with Crippen molar-refractivity contribution in [2.45, 2.75) is 58.0 Å². The van der Waals surface area contributed by atoms with Crippen molar-refractivity contribution >= 4 is 14.3 Å². The number of ether oxygens (including phenoxy) is 1. The highest BCUT2D eigenvalue weighted by atomic mass is 28.4. The molecule has 0 spiro atoms. The van der Waals surface area contributed by atoms with Gasteiger partial charge in [0.2, 0.25) is 0 Å². The molecule has 4 heteroatoms. The predicted octanol–water partition coefficient (Wildman–Crippen LogP) is 3.12. The van der Waals surface area contributed by atoms with Crippen LogP contribution in [0.15, 0.2) is 12.2 Å². The van der Waals surface area contributed by atoms with E-state index in [9.17, 15) is 4.79 Å². The largest absolute Gasteiger partial charge is 0.456 e. The highest BCUT2D eigenvalue weighted by molar-refractivity contribution is 6.69. The van der Waals surface area contributed by atoms with Gasteiger partial charge >= 0.3 is 5.97 Å². The van der Waals surface area contributed by atoms with E-state index in [-0.39, 0.29) is 24.1 Å². The topological polar surface area (TPSA) is 35.5 Å². The maximum atomic E-state index is 11.7. The first-order valence-electron chi connectivity index (χ1n) is 6.85. The standard InChI is InChI=1S/C14H24O3Si/c1-9-6-7-11-10(2)14(15)16-13(11)12(8-9)17-18(3,4)5/h9,11-13H,2,6-8H2,1,3-5H3/t9-,11+,12+,13-/m1/s1. The number of carbonyl (C=O) groups excluding carboxylic acids is 1. The van der Waals surface area contributed by atoms with E-state index in [2.05, 4.69) is 33.1 Å². The van der Waals surface area contributed by atoms with Crippen LogP contribution in [0.2, 0.25) is 19.6 Å². The minimum atomic E-state index is -1.62. The molecular formula is C14H24O3Si. The van der Waals surface area contributed by atoms with Crippen molar-refractivity contribution in [3.8, 4) is 0 Å². The first-order chi connectivity index (χ1) is 8.28. The number of carbonyl (C=O) groups is 1. The van der Waals surface area contributed by atoms with Crippen molar-refractivity contribution in [2.24, 2.45) is 11.8 Å². The summed E-state index contributed by atoms with van der Waals surface area (Å²) < 4.78 is 11.8. The Morgan fingerprint density at radius 3 is 2.61 bits per heavy atom. The van der Waals surface area contributed by atoms with E-state index in [0.717, 1.165) is 19.3 Å². The van der Waals surface area contributed by atoms with Gasteiger partial charge in [-0.3, -0.25) is 0 Å². The fraction of sp³-hybridized carbons (Fsp3) is 0.786. The zero-order chi connectivity index (χ0) is 13.5. The Morgan fingerprint density at radius 2 is 2.00 bits per heavy atom. The lowest BCUT2D eigenvalue weighted by molar-refractivity contribution is -0.143. The van der Waals surface area contributed by atoms with Gasteiger partial charge in [-0.1, -0.05) is 13.5 Å². The average molecular weight is 268 g/mol. The van der Waals surface area contributed by atoms with Gasteiger partial charge in [0.25, 0.3) is 0 Å². The Labute approximate surface area is 111 Å². The highest BCUT2D eigenvalue weighted by Crippen LogP contribution is 2.40. The molecule has 0 N–H and O–H groups in total. The summed E-state index contributed by atoms with van der Waals surface area (Å²) in [7, 11) is -1.62. The second kappa shape index (κ2) is 4.81. The zero-order valence-corrected chi connectivity index (χ0v) is 12.9. The summed E-state index contributed by atoms with van der Waals surface area (Å²) in [6.45, 7) is 12.7. The summed E-state index contributed by atoms with van der Waals surface area (Å²) in [4.78, 5) is 11.7. The minimum absolute atomic E-state index is 0.0577. The second-order valence-corrected chi connectivity index (χ2v) is 11.1. The molecule has 1 aliphatic heterocycles. The average Bonchev–Trinajstić information content (AvgIpc) is 2.41. The Hall–Kier alpha value is -0.613. The highest BCUT2D eigenvalue weighted by Gasteiger charge is 2.46. The van der Waals surface area contributed by atoms with Gasteiger partial charge in [-0.25, -0.2) is 4.79 Å². The van der Waals surface area contributed by atoms with Crippen LogP contribution in [0.5, 0.6) is 0 Å². The fourth-order valence-corrected chi connectivity index (χ4v) is 4.13. The van der Waals surface area contributed by atoms with Crippen LogP contribution >= 0.6 is 0 Å². The molecule has 2 fully saturated rings. The maximum Gasteiger partial charge on any atom is 0.334 e. The van der Waals surface area contributed by atoms with Crippen molar-refractivity contribution in [1.82, 2.24) is 0 Å². The molecule has 1 saturated heterocycles. The Balaban J connectivity index is 2.20. The van der Waals surface area contributed by atoms with Gasteiger partial charge in [0, 0.05) is 11.5 Å². The van der Waals surface area contributed by atoms with Gasteiger partial charge in [-0.05, 0) is 44.8 Å². The molecule has 0 unspecified atom stereocenters. The summed E-state index contributed by atoms with van der Waals surface area (Å²) in [5, 5.41) is 0. The smallest absolute Gasteiger partial charge is 0.334 e. The molecule has 0 aromatic carbocycles. The molecular weight excluding hydrogens is 244 g/mol. The fourth-order valence-electron chi connectivity index (χ4n) is 2.99. The molecule has 0 radical (unpaired) electrons. The minimum Gasteiger partial charge on any atom is -0.456 e. The van der Waals surface area contributed by atoms with Gasteiger partial charge in [0.15, 0.2) is 8.32 Å². The van der Waals surface area contributed by atoms with Gasteiger partial charge in [0.1, 0.15) is 6.10 Å². The van der Waals surface area contributed by atoms with Crippen molar-refractivity contribution in [3.05, 3.63) is 12.2 Å². The summed E-state index contributed by atoms with van der Waals surface area (Å²) >= 11 is 0. The summed E-state index contributed by atoms with van der Waals surface area (Å²) in [5.41, 5.74) is 0.651. The first kappa shape index (κ1) is 13.8. The van der Waals surface area contributed by atoms with E-state index < -0.39 is 8.32 Å². The Morgan fingerprint density at radius 1 is 1.33 bits per heavy atom. The molecule has 0 aromatic rings. The monoisotopic (exact) mass is 268 g/mol. The first-order valence-corrected chi connectivity index (χ1v) is 10.3. The Kier molecular flexibility index (Phi) is 3.69. The summed E-state index contributed by atoms with van der Waals surface area (Å²) in [6, 6.07) is 0. The van der Waals surface area contributed by atoms with Crippen LogP contribution in [0.1, 0.15) is 26.2 Å². The lowest BCUT2D eigenvalue weighted by atomic mass is 9.92. The summed E-state index contributed by atoms with van der Waals surface area (Å²) in [6.07, 6.45) is 3.08. The van der Waals surface area contributed by atoms with Crippen LogP contribution in [0.25, 0.3) is 0 Å². The van der Waals surface area contributed by atoms with E-state index in [1.807, 2.05) is 0 Å². The second-order valence-electron chi connectivity index (χ2n) is 6.69. The lowest BCUT2D eigenvalue weighted by Crippen LogP contribution is -2.41. The summed E-state index contributed by atoms with van der Waals surface area (Å²) in [5.74, 6) is 0.580. The third-order valence-corrected chi connectivity index (χ3v) is 4.84. The number of rotatable bonds is 2. The van der Waals surface area contributed by atoms with Crippen molar-refractivity contribution < 1.29 is 14.0 Å². The third kappa shape index (κ3) is 2.86. The van der Waals surface area contributed by atoms with Crippen LogP contribution in [-0.4, -0.2) is 26.5 Å². The molecule has 3 nitrogen and oxygen atoms in total. The normalized spacial score (nSPS) is 37.1. The molecule has 102 valence electrons. The van der Waals surface area contributed by atoms with Crippen molar-refractivity contribution in [2.75, 3.05) is 0 Å². The molecule has 1 aliphatic carbocycles. The maximum absolute atomic E-state index is 11.7. The van der Waals surface area contributed by atoms with Crippen molar-refractivity contribution in [1.29, 1.82) is 0 Å². The van der Waals surface area contributed by atoms with Crippen LogP contribution in [0.3, 0.4) is 0 Å². The molecule has 1 saturated carbocycles. The molecule has 1 heterocycles. The van der Waals surface area contributed by atoms with Crippen molar-refractivity contribution in [3.63, 3.8) is 0 Å². The molecule has 0 bridgehead atoms. The van der Waals surface area contributed by atoms with E-state index in [0.29, 0.717) is 11.5 Å². The van der Waals surface area contributed by atoms with Gasteiger partial charge in [-0.2, -0.15) is 0 Å². The molecule has 0 aromatic heterocycles. The molecule has 2 aliphatic rings. The van der Waals surface area contributed by atoms with Crippen LogP contribution < -0.4 is 0 Å². The quantitative estimate of drug-likeness (QED) is 0.438. The third-order valence-electron chi connectivity index (χ3n) is 3.83. The van der Waals surface area contributed by atoms with Gasteiger partial charge in [0.05, 0.1) is 6.10 Å². The van der Waals surface area contributed by atoms with Crippen LogP contribution in [0.4, 0.5) is 0 Å². The van der Waals surface area contributed by atoms with E-state index in [1.165, 1.54) is 0 Å². The molecule has 2 rings (SSSR count). The number of hydrogen-bond acceptors (Lipinski definition) is 3. The molecule has 4 atom stereocenters. The predicted molar refractivity (Wildman–Crippen MR) is 73.7 cm³/mol. The lowest BCUT2D eigenvalue weighted by Gasteiger charge is -2.31. The van der Waals surface area contributed by atoms with E-state index in [1.54, 1.807) is 0 Å². The van der Waals surface area contributed by atoms with E-state index >= 15 is 0 Å². The molecule has 0 amide bonds. The van der Waals surface area contributed by atoms with Gasteiger partial charge < -0.3 is 9.16 Å². The van der Waals surface area contributed by atoms with E-state index in [4.69, 9.17) is 9.16 Å². The number of hydrogen-bond donors (Lipinski definition) is 0. The number of fused-ring (bicyclic) bond motifs is 1. The SMILES string of the molecule is C=C1C(=O)O[C@H]2[C@@H](O[Si](C)(C)C)C[C@H](C)CC[C@@H]12.